The number of hydrogen-bond acceptors (Lipinski definition) is 3. The van der Waals surface area contributed by atoms with E-state index in [1.54, 1.807) is 12.1 Å². The highest BCUT2D eigenvalue weighted by atomic mass is 19.1. The lowest BCUT2D eigenvalue weighted by molar-refractivity contribution is 0.332. The third kappa shape index (κ3) is 2.98. The molecule has 2 heterocycles. The normalized spacial score (nSPS) is 19.0. The lowest BCUT2D eigenvalue weighted by atomic mass is 9.85. The highest BCUT2D eigenvalue weighted by Gasteiger charge is 2.38. The first kappa shape index (κ1) is 15.5. The largest absolute Gasteiger partial charge is 0.376 e. The monoisotopic (exact) mass is 325 g/mol. The molecule has 0 unspecified atom stereocenters. The molecule has 1 saturated heterocycles. The Bertz CT molecular complexity index is 720. The Balaban J connectivity index is 1.67. The molecule has 126 valence electrons. The van der Waals surface area contributed by atoms with Crippen molar-refractivity contribution in [1.29, 1.82) is 0 Å². The summed E-state index contributed by atoms with van der Waals surface area (Å²) in [6.45, 7) is 6.04. The number of anilines is 2. The van der Waals surface area contributed by atoms with Crippen molar-refractivity contribution in [3.05, 3.63) is 59.4 Å². The van der Waals surface area contributed by atoms with Gasteiger partial charge in [0.05, 0.1) is 16.9 Å². The number of benzene rings is 2. The summed E-state index contributed by atoms with van der Waals surface area (Å²) in [4.78, 5) is 2.45. The highest BCUT2D eigenvalue weighted by Crippen LogP contribution is 2.39. The van der Waals surface area contributed by atoms with E-state index in [4.69, 9.17) is 0 Å². The molecule has 2 aliphatic heterocycles. The summed E-state index contributed by atoms with van der Waals surface area (Å²) in [5.41, 5.74) is 5.02. The van der Waals surface area contributed by atoms with Crippen molar-refractivity contribution in [1.82, 2.24) is 5.32 Å². The van der Waals surface area contributed by atoms with Gasteiger partial charge in [-0.15, -0.1) is 0 Å². The number of piperidine rings is 1. The summed E-state index contributed by atoms with van der Waals surface area (Å²) >= 11 is 0. The molecule has 0 aromatic heterocycles. The molecular formula is C20H24FN3. The maximum absolute atomic E-state index is 13.2. The molecule has 1 spiro atoms. The number of halogens is 1. The van der Waals surface area contributed by atoms with Crippen molar-refractivity contribution in [2.24, 2.45) is 0 Å². The van der Waals surface area contributed by atoms with E-state index in [9.17, 15) is 4.39 Å². The molecule has 0 aliphatic carbocycles. The zero-order valence-corrected chi connectivity index (χ0v) is 14.1. The van der Waals surface area contributed by atoms with Crippen molar-refractivity contribution in [3.63, 3.8) is 0 Å². The van der Waals surface area contributed by atoms with Crippen LogP contribution in [0.25, 0.3) is 0 Å². The lowest BCUT2D eigenvalue weighted by Gasteiger charge is -2.48. The first-order chi connectivity index (χ1) is 11.6. The van der Waals surface area contributed by atoms with Gasteiger partial charge in [-0.25, -0.2) is 4.39 Å². The topological polar surface area (TPSA) is 27.3 Å². The summed E-state index contributed by atoms with van der Waals surface area (Å²) in [7, 11) is 0. The van der Waals surface area contributed by atoms with Gasteiger partial charge >= 0.3 is 0 Å². The van der Waals surface area contributed by atoms with Gasteiger partial charge in [-0.3, -0.25) is 0 Å². The minimum absolute atomic E-state index is 0.131. The molecule has 2 aliphatic rings. The third-order valence-corrected chi connectivity index (χ3v) is 5.23. The van der Waals surface area contributed by atoms with E-state index in [0.717, 1.165) is 44.6 Å². The van der Waals surface area contributed by atoms with E-state index < -0.39 is 0 Å². The van der Waals surface area contributed by atoms with Crippen molar-refractivity contribution < 1.29 is 4.39 Å². The van der Waals surface area contributed by atoms with Crippen LogP contribution in [0.2, 0.25) is 0 Å². The summed E-state index contributed by atoms with van der Waals surface area (Å²) in [6, 6.07) is 13.5. The zero-order valence-electron chi connectivity index (χ0n) is 14.1. The van der Waals surface area contributed by atoms with E-state index >= 15 is 0 Å². The smallest absolute Gasteiger partial charge is 0.123 e. The maximum Gasteiger partial charge on any atom is 0.123 e. The molecule has 0 bridgehead atoms. The van der Waals surface area contributed by atoms with Gasteiger partial charge in [0, 0.05) is 13.1 Å². The van der Waals surface area contributed by atoms with Gasteiger partial charge in [-0.05, 0) is 68.2 Å². The molecule has 0 saturated carbocycles. The standard InChI is InChI=1S/C20H24FN3/c1-15-2-7-19-18(12-15)23-20(8-10-22-11-9-20)14-24(19)13-16-3-5-17(21)6-4-16/h2-7,12,22-23H,8-11,13-14H2,1H3. The van der Waals surface area contributed by atoms with E-state index in [0.29, 0.717) is 0 Å². The average Bonchev–Trinajstić information content (AvgIpc) is 2.57. The Morgan fingerprint density at radius 1 is 1.08 bits per heavy atom. The quantitative estimate of drug-likeness (QED) is 0.882. The Labute approximate surface area is 142 Å². The second-order valence-corrected chi connectivity index (χ2v) is 7.16. The molecule has 24 heavy (non-hydrogen) atoms. The minimum Gasteiger partial charge on any atom is -0.376 e. The highest BCUT2D eigenvalue weighted by molar-refractivity contribution is 5.74. The Morgan fingerprint density at radius 2 is 1.83 bits per heavy atom. The van der Waals surface area contributed by atoms with Gasteiger partial charge < -0.3 is 15.5 Å². The van der Waals surface area contributed by atoms with Crippen molar-refractivity contribution >= 4 is 11.4 Å². The number of rotatable bonds is 2. The van der Waals surface area contributed by atoms with Crippen molar-refractivity contribution in [2.75, 3.05) is 29.9 Å². The van der Waals surface area contributed by atoms with Crippen molar-refractivity contribution in [2.45, 2.75) is 31.8 Å². The predicted molar refractivity (Wildman–Crippen MR) is 97.1 cm³/mol. The molecule has 4 heteroatoms. The maximum atomic E-state index is 13.2. The van der Waals surface area contributed by atoms with Crippen LogP contribution in [0.3, 0.4) is 0 Å². The molecular weight excluding hydrogens is 301 g/mol. The molecule has 3 nitrogen and oxygen atoms in total. The number of hydrogen-bond donors (Lipinski definition) is 2. The summed E-state index contributed by atoms with van der Waals surface area (Å²) < 4.78 is 13.2. The van der Waals surface area contributed by atoms with Gasteiger partial charge in [0.15, 0.2) is 0 Å². The van der Waals surface area contributed by atoms with Crippen LogP contribution in [0, 0.1) is 12.7 Å². The fourth-order valence-corrected chi connectivity index (χ4v) is 3.94. The van der Waals surface area contributed by atoms with E-state index in [2.05, 4.69) is 40.7 Å². The predicted octanol–water partition coefficient (Wildman–Crippen LogP) is 3.69. The lowest BCUT2D eigenvalue weighted by Crippen LogP contribution is -2.57. The summed E-state index contributed by atoms with van der Waals surface area (Å²) in [5, 5.41) is 7.30. The summed E-state index contributed by atoms with van der Waals surface area (Å²) in [6.07, 6.45) is 2.25. The number of nitrogens with one attached hydrogen (secondary N) is 2. The molecule has 2 N–H and O–H groups in total. The van der Waals surface area contributed by atoms with Crippen molar-refractivity contribution in [3.8, 4) is 0 Å². The van der Waals surface area contributed by atoms with E-state index in [-0.39, 0.29) is 11.4 Å². The molecule has 1 fully saturated rings. The number of aryl methyl sites for hydroxylation is 1. The average molecular weight is 325 g/mol. The second-order valence-electron chi connectivity index (χ2n) is 7.16. The minimum atomic E-state index is -0.176. The van der Waals surface area contributed by atoms with E-state index in [1.807, 2.05) is 12.1 Å². The molecule has 0 amide bonds. The Kier molecular flexibility index (Phi) is 3.93. The van der Waals surface area contributed by atoms with Crippen LogP contribution in [0.15, 0.2) is 42.5 Å². The van der Waals surface area contributed by atoms with Crippen LogP contribution >= 0.6 is 0 Å². The number of nitrogens with zero attached hydrogens (tertiary/aromatic N) is 1. The first-order valence-corrected chi connectivity index (χ1v) is 8.73. The Hall–Kier alpha value is -2.07. The molecule has 0 radical (unpaired) electrons. The van der Waals surface area contributed by atoms with Gasteiger partial charge in [-0.2, -0.15) is 0 Å². The van der Waals surface area contributed by atoms with Gasteiger partial charge in [-0.1, -0.05) is 18.2 Å². The van der Waals surface area contributed by atoms with Gasteiger partial charge in [0.2, 0.25) is 0 Å². The molecule has 0 atom stereocenters. The molecule has 2 aromatic carbocycles. The third-order valence-electron chi connectivity index (χ3n) is 5.23. The molecule has 4 rings (SSSR count). The summed E-state index contributed by atoms with van der Waals surface area (Å²) in [5.74, 6) is -0.176. The SMILES string of the molecule is Cc1ccc2c(c1)NC1(CCNCC1)CN2Cc1ccc(F)cc1. The van der Waals surface area contributed by atoms with Gasteiger partial charge in [0.25, 0.3) is 0 Å². The first-order valence-electron chi connectivity index (χ1n) is 8.73. The van der Waals surface area contributed by atoms with Crippen LogP contribution in [-0.2, 0) is 6.54 Å². The number of fused-ring (bicyclic) bond motifs is 1. The van der Waals surface area contributed by atoms with Crippen LogP contribution < -0.4 is 15.5 Å². The zero-order chi connectivity index (χ0) is 16.6. The van der Waals surface area contributed by atoms with Crippen LogP contribution in [0.1, 0.15) is 24.0 Å². The van der Waals surface area contributed by atoms with Crippen LogP contribution in [0.4, 0.5) is 15.8 Å². The fourth-order valence-electron chi connectivity index (χ4n) is 3.94. The second kappa shape index (κ2) is 6.10. The van der Waals surface area contributed by atoms with Crippen LogP contribution in [0.5, 0.6) is 0 Å². The van der Waals surface area contributed by atoms with E-state index in [1.165, 1.54) is 16.9 Å². The molecule has 2 aromatic rings. The van der Waals surface area contributed by atoms with Gasteiger partial charge in [0.1, 0.15) is 5.82 Å². The fraction of sp³-hybridized carbons (Fsp3) is 0.400. The Morgan fingerprint density at radius 3 is 2.58 bits per heavy atom. The van der Waals surface area contributed by atoms with Crippen LogP contribution in [-0.4, -0.2) is 25.2 Å².